The summed E-state index contributed by atoms with van der Waals surface area (Å²) in [6, 6.07) is 0. The van der Waals surface area contributed by atoms with Crippen molar-refractivity contribution in [2.75, 3.05) is 26.7 Å². The number of piperidine rings is 1. The van der Waals surface area contributed by atoms with Crippen LogP contribution in [0.15, 0.2) is 4.99 Å². The summed E-state index contributed by atoms with van der Waals surface area (Å²) in [5.41, 5.74) is 5.44. The van der Waals surface area contributed by atoms with E-state index in [1.807, 2.05) is 13.8 Å². The fraction of sp³-hybridized carbons (Fsp3) is 0.833. The molecule has 0 saturated carbocycles. The number of guanidine groups is 1. The number of aliphatic imine (C=N–C) groups is 1. The molecule has 0 spiro atoms. The fourth-order valence-corrected chi connectivity index (χ4v) is 1.91. The predicted octanol–water partition coefficient (Wildman–Crippen LogP) is 0.559. The van der Waals surface area contributed by atoms with Gasteiger partial charge >= 0.3 is 0 Å². The second-order valence-corrected chi connectivity index (χ2v) is 5.19. The minimum absolute atomic E-state index is 0.00676. The van der Waals surface area contributed by atoms with Gasteiger partial charge in [0, 0.05) is 20.1 Å². The molecule has 1 rings (SSSR count). The van der Waals surface area contributed by atoms with Gasteiger partial charge in [0.1, 0.15) is 0 Å². The van der Waals surface area contributed by atoms with Crippen LogP contribution >= 0.6 is 0 Å². The van der Waals surface area contributed by atoms with Crippen molar-refractivity contribution < 1.29 is 4.79 Å². The number of amides is 1. The minimum atomic E-state index is -0.505. The molecule has 1 fully saturated rings. The summed E-state index contributed by atoms with van der Waals surface area (Å²) in [6.07, 6.45) is 3.62. The minimum Gasteiger partial charge on any atom is -0.370 e. The SMILES string of the molecule is CNC(=O)C(C)(C)CN=C(N)N1CCCCC1. The Morgan fingerprint density at radius 3 is 2.47 bits per heavy atom. The van der Waals surface area contributed by atoms with Crippen molar-refractivity contribution in [3.8, 4) is 0 Å². The number of nitrogens with zero attached hydrogens (tertiary/aromatic N) is 2. The largest absolute Gasteiger partial charge is 0.370 e. The van der Waals surface area contributed by atoms with Crippen molar-refractivity contribution in [1.82, 2.24) is 10.2 Å². The maximum atomic E-state index is 11.6. The van der Waals surface area contributed by atoms with E-state index in [4.69, 9.17) is 5.73 Å². The average molecular weight is 240 g/mol. The summed E-state index contributed by atoms with van der Waals surface area (Å²) in [5.74, 6) is 0.564. The van der Waals surface area contributed by atoms with Gasteiger partial charge in [-0.15, -0.1) is 0 Å². The first-order valence-electron chi connectivity index (χ1n) is 6.24. The molecule has 1 saturated heterocycles. The Kier molecular flexibility index (Phi) is 4.78. The smallest absolute Gasteiger partial charge is 0.227 e. The van der Waals surface area contributed by atoms with E-state index in [1.54, 1.807) is 7.05 Å². The highest BCUT2D eigenvalue weighted by Gasteiger charge is 2.26. The lowest BCUT2D eigenvalue weighted by molar-refractivity contribution is -0.128. The normalized spacial score (nSPS) is 18.1. The summed E-state index contributed by atoms with van der Waals surface area (Å²) in [7, 11) is 1.64. The van der Waals surface area contributed by atoms with Crippen LogP contribution in [0.5, 0.6) is 0 Å². The van der Waals surface area contributed by atoms with Crippen LogP contribution in [0.1, 0.15) is 33.1 Å². The molecule has 1 aliphatic heterocycles. The number of nitrogens with one attached hydrogen (secondary N) is 1. The second kappa shape index (κ2) is 5.89. The zero-order valence-corrected chi connectivity index (χ0v) is 11.1. The molecule has 3 N–H and O–H groups in total. The molecule has 1 amide bonds. The van der Waals surface area contributed by atoms with Crippen LogP contribution in [0.25, 0.3) is 0 Å². The Labute approximate surface area is 103 Å². The molecule has 5 heteroatoms. The maximum absolute atomic E-state index is 11.6. The molecule has 98 valence electrons. The van der Waals surface area contributed by atoms with E-state index in [2.05, 4.69) is 15.2 Å². The summed E-state index contributed by atoms with van der Waals surface area (Å²) in [4.78, 5) is 18.0. The maximum Gasteiger partial charge on any atom is 0.227 e. The van der Waals surface area contributed by atoms with Crippen molar-refractivity contribution in [2.24, 2.45) is 16.1 Å². The monoisotopic (exact) mass is 240 g/mol. The first-order valence-corrected chi connectivity index (χ1v) is 6.24. The van der Waals surface area contributed by atoms with Crippen molar-refractivity contribution in [3.05, 3.63) is 0 Å². The lowest BCUT2D eigenvalue weighted by Crippen LogP contribution is -2.42. The Morgan fingerprint density at radius 2 is 1.94 bits per heavy atom. The molecular formula is C12H24N4O. The molecular weight excluding hydrogens is 216 g/mol. The molecule has 17 heavy (non-hydrogen) atoms. The van der Waals surface area contributed by atoms with Gasteiger partial charge in [-0.1, -0.05) is 0 Å². The number of carbonyl (C=O) groups is 1. The molecule has 0 atom stereocenters. The summed E-state index contributed by atoms with van der Waals surface area (Å²) in [5, 5.41) is 2.65. The van der Waals surface area contributed by atoms with Crippen LogP contribution in [-0.4, -0.2) is 43.4 Å². The molecule has 0 aromatic carbocycles. The number of rotatable bonds is 3. The lowest BCUT2D eigenvalue weighted by atomic mass is 9.93. The second-order valence-electron chi connectivity index (χ2n) is 5.19. The van der Waals surface area contributed by atoms with E-state index in [1.165, 1.54) is 19.3 Å². The van der Waals surface area contributed by atoms with Crippen LogP contribution in [-0.2, 0) is 4.79 Å². The van der Waals surface area contributed by atoms with E-state index >= 15 is 0 Å². The third-order valence-electron chi connectivity index (χ3n) is 3.16. The van der Waals surface area contributed by atoms with Crippen molar-refractivity contribution >= 4 is 11.9 Å². The summed E-state index contributed by atoms with van der Waals surface area (Å²) >= 11 is 0. The molecule has 0 aromatic rings. The Morgan fingerprint density at radius 1 is 1.35 bits per heavy atom. The number of likely N-dealkylation sites (tertiary alicyclic amines) is 1. The molecule has 0 radical (unpaired) electrons. The predicted molar refractivity (Wildman–Crippen MR) is 69.8 cm³/mol. The first-order chi connectivity index (χ1) is 7.97. The van der Waals surface area contributed by atoms with E-state index in [0.717, 1.165) is 13.1 Å². The van der Waals surface area contributed by atoms with Gasteiger partial charge in [-0.3, -0.25) is 9.79 Å². The van der Waals surface area contributed by atoms with Crippen molar-refractivity contribution in [2.45, 2.75) is 33.1 Å². The van der Waals surface area contributed by atoms with E-state index < -0.39 is 5.41 Å². The van der Waals surface area contributed by atoms with E-state index in [-0.39, 0.29) is 5.91 Å². The third kappa shape index (κ3) is 3.91. The fourth-order valence-electron chi connectivity index (χ4n) is 1.91. The van der Waals surface area contributed by atoms with Gasteiger partial charge in [0.25, 0.3) is 0 Å². The van der Waals surface area contributed by atoms with Gasteiger partial charge in [-0.05, 0) is 33.1 Å². The van der Waals surface area contributed by atoms with Gasteiger partial charge in [0.15, 0.2) is 5.96 Å². The van der Waals surface area contributed by atoms with Crippen LogP contribution in [0.3, 0.4) is 0 Å². The Bertz CT molecular complexity index is 293. The van der Waals surface area contributed by atoms with Gasteiger partial charge < -0.3 is 16.0 Å². The third-order valence-corrected chi connectivity index (χ3v) is 3.16. The molecule has 1 aliphatic rings. The van der Waals surface area contributed by atoms with Crippen LogP contribution in [0.2, 0.25) is 0 Å². The highest BCUT2D eigenvalue weighted by atomic mass is 16.2. The van der Waals surface area contributed by atoms with Gasteiger partial charge in [-0.25, -0.2) is 0 Å². The van der Waals surface area contributed by atoms with Crippen molar-refractivity contribution in [3.63, 3.8) is 0 Å². The molecule has 0 unspecified atom stereocenters. The van der Waals surface area contributed by atoms with Gasteiger partial charge in [-0.2, -0.15) is 0 Å². The topological polar surface area (TPSA) is 70.7 Å². The average Bonchev–Trinajstić information content (AvgIpc) is 2.36. The Balaban J connectivity index is 2.54. The highest BCUT2D eigenvalue weighted by molar-refractivity contribution is 5.83. The van der Waals surface area contributed by atoms with Crippen LogP contribution in [0, 0.1) is 5.41 Å². The highest BCUT2D eigenvalue weighted by Crippen LogP contribution is 2.16. The van der Waals surface area contributed by atoms with Crippen LogP contribution < -0.4 is 11.1 Å². The van der Waals surface area contributed by atoms with Gasteiger partial charge in [0.2, 0.25) is 5.91 Å². The van der Waals surface area contributed by atoms with Gasteiger partial charge in [0.05, 0.1) is 12.0 Å². The van der Waals surface area contributed by atoms with Crippen molar-refractivity contribution in [1.29, 1.82) is 0 Å². The lowest BCUT2D eigenvalue weighted by Gasteiger charge is -2.28. The summed E-state index contributed by atoms with van der Waals surface area (Å²) in [6.45, 7) is 6.14. The summed E-state index contributed by atoms with van der Waals surface area (Å²) < 4.78 is 0. The standard InChI is InChI=1S/C12H24N4O/c1-12(2,10(17)14-3)9-15-11(13)16-7-5-4-6-8-16/h4-9H2,1-3H3,(H2,13,15)(H,14,17). The number of carbonyl (C=O) groups excluding carboxylic acids is 1. The molecule has 0 bridgehead atoms. The molecule has 1 heterocycles. The van der Waals surface area contributed by atoms with E-state index in [0.29, 0.717) is 12.5 Å². The zero-order chi connectivity index (χ0) is 12.9. The number of hydrogen-bond donors (Lipinski definition) is 2. The first kappa shape index (κ1) is 13.8. The Hall–Kier alpha value is -1.26. The number of hydrogen-bond acceptors (Lipinski definition) is 2. The number of nitrogens with two attached hydrogens (primary N) is 1. The quantitative estimate of drug-likeness (QED) is 0.559. The molecule has 0 aromatic heterocycles. The van der Waals surface area contributed by atoms with E-state index in [9.17, 15) is 4.79 Å². The van der Waals surface area contributed by atoms with Crippen LogP contribution in [0.4, 0.5) is 0 Å². The molecule has 0 aliphatic carbocycles. The molecule has 5 nitrogen and oxygen atoms in total. The zero-order valence-electron chi connectivity index (χ0n) is 11.1.